The number of phenolic OH excluding ortho intramolecular Hbond substituents is 1. The van der Waals surface area contributed by atoms with Gasteiger partial charge in [-0.2, -0.15) is 10.2 Å². The number of ether oxygens (including phenoxy) is 6. The molecule has 70 heavy (non-hydrogen) atoms. The minimum atomic E-state index is -0.582. The van der Waals surface area contributed by atoms with Crippen molar-refractivity contribution < 1.29 is 52.7 Å². The van der Waals surface area contributed by atoms with Crippen molar-refractivity contribution in [3.05, 3.63) is 94.3 Å². The molecule has 1 aromatic heterocycles. The molecule has 0 spiro atoms. The van der Waals surface area contributed by atoms with E-state index in [1.807, 2.05) is 17.7 Å². The quantitative estimate of drug-likeness (QED) is 0.0265. The van der Waals surface area contributed by atoms with Gasteiger partial charge >= 0.3 is 6.09 Å². The predicted octanol–water partition coefficient (Wildman–Crippen LogP) is 7.33. The van der Waals surface area contributed by atoms with Gasteiger partial charge in [-0.1, -0.05) is 19.9 Å². The van der Waals surface area contributed by atoms with Gasteiger partial charge in [-0.05, 0) is 119 Å². The minimum absolute atomic E-state index is 0.0300. The number of ketones is 1. The van der Waals surface area contributed by atoms with Crippen molar-refractivity contribution in [2.45, 2.75) is 79.2 Å². The lowest BCUT2D eigenvalue weighted by Crippen LogP contribution is -2.33. The van der Waals surface area contributed by atoms with Crippen LogP contribution in [0, 0.1) is 12.3 Å². The van der Waals surface area contributed by atoms with Crippen molar-refractivity contribution in [3.8, 4) is 11.4 Å². The monoisotopic (exact) mass is 971 g/mol. The minimum Gasteiger partial charge on any atom is -0.506 e. The zero-order valence-corrected chi connectivity index (χ0v) is 41.4. The molecule has 0 fully saturated rings. The Balaban J connectivity index is 0.827. The normalized spacial score (nSPS) is 13.3. The average molecular weight is 971 g/mol. The number of nitrogens with two attached hydrogens (primary N) is 1. The number of phenols is 1. The number of nitrogens with one attached hydrogen (secondary N) is 3. The number of hydrogen-bond donors (Lipinski definition) is 5. The number of aromatic nitrogens is 2. The molecule has 3 aromatic carbocycles. The highest BCUT2D eigenvalue weighted by atomic mass is 16.6. The molecule has 0 bridgehead atoms. The highest BCUT2D eigenvalue weighted by Gasteiger charge is 2.36. The molecule has 1 aliphatic carbocycles. The van der Waals surface area contributed by atoms with E-state index in [2.05, 4.69) is 40.0 Å². The van der Waals surface area contributed by atoms with Crippen LogP contribution in [0.3, 0.4) is 0 Å². The summed E-state index contributed by atoms with van der Waals surface area (Å²) in [6, 6.07) is 17.0. The van der Waals surface area contributed by atoms with Crippen LogP contribution in [0.5, 0.6) is 5.75 Å². The van der Waals surface area contributed by atoms with E-state index < -0.39 is 17.6 Å². The standard InChI is InChI=1S/C51H70N8O11/c1-35-46-43(33-51(5,6)34-45(46)61)59(58-35)39-14-15-40(47(52)62)41(32-39)53-18-7-21-65-23-25-67-27-29-69-30-28-68-26-24-66-22-8-19-54-48(63)37-10-12-38(13-11-37)56-57-42-31-36(9-16-44(42)60)17-20-55-49(64)70-50(2,3)4/h9-16,31-32,53,60H,7-8,17-30,33-34H2,1-6H3,(H2,52,62)(H,54,63)(H,55,64)/b57-56+. The second kappa shape index (κ2) is 27.2. The number of anilines is 1. The van der Waals surface area contributed by atoms with Crippen molar-refractivity contribution in [2.24, 2.45) is 21.4 Å². The maximum Gasteiger partial charge on any atom is 0.407 e. The van der Waals surface area contributed by atoms with E-state index in [4.69, 9.17) is 39.3 Å². The summed E-state index contributed by atoms with van der Waals surface area (Å²) in [7, 11) is 0. The number of primary amides is 1. The SMILES string of the molecule is Cc1nn(-c2ccc(C(N)=O)c(NCCCOCCOCCOCCOCCOCCCNC(=O)c3ccc(/N=N/c4cc(CCNC(=O)OC(C)(C)C)ccc4O)cc3)c2)c2c1C(=O)CC(C)(C)C2. The molecular weight excluding hydrogens is 901 g/mol. The third kappa shape index (κ3) is 18.2. The number of Topliss-reactive ketones (excluding diaryl/α,β-unsaturated/α-hetero) is 1. The Hall–Kier alpha value is -6.25. The van der Waals surface area contributed by atoms with E-state index in [1.165, 1.54) is 6.07 Å². The third-order valence-corrected chi connectivity index (χ3v) is 10.8. The van der Waals surface area contributed by atoms with Gasteiger partial charge in [-0.15, -0.1) is 5.11 Å². The fraction of sp³-hybridized carbons (Fsp3) is 0.510. The average Bonchev–Trinajstić information content (AvgIpc) is 3.63. The molecule has 0 saturated heterocycles. The number of rotatable bonds is 29. The molecule has 6 N–H and O–H groups in total. The Morgan fingerprint density at radius 1 is 0.771 bits per heavy atom. The summed E-state index contributed by atoms with van der Waals surface area (Å²) in [5.74, 6) is -0.677. The number of nitrogens with zero attached hydrogens (tertiary/aromatic N) is 4. The van der Waals surface area contributed by atoms with Crippen molar-refractivity contribution >= 4 is 40.8 Å². The Morgan fingerprint density at radius 2 is 1.39 bits per heavy atom. The largest absolute Gasteiger partial charge is 0.506 e. The maximum absolute atomic E-state index is 12.9. The number of hydrogen-bond acceptors (Lipinski definition) is 15. The smallest absolute Gasteiger partial charge is 0.407 e. The molecule has 380 valence electrons. The molecule has 0 atom stereocenters. The Kier molecular flexibility index (Phi) is 21.3. The highest BCUT2D eigenvalue weighted by Crippen LogP contribution is 2.37. The summed E-state index contributed by atoms with van der Waals surface area (Å²) < 4.78 is 35.1. The van der Waals surface area contributed by atoms with Gasteiger partial charge in [0.1, 0.15) is 17.0 Å². The molecule has 5 rings (SSSR count). The molecule has 3 amide bonds. The first kappa shape index (κ1) is 54.7. The molecular formula is C51H70N8O11. The van der Waals surface area contributed by atoms with Crippen LogP contribution in [-0.4, -0.2) is 130 Å². The molecule has 0 aliphatic heterocycles. The second-order valence-corrected chi connectivity index (χ2v) is 18.6. The molecule has 4 aromatic rings. The lowest BCUT2D eigenvalue weighted by atomic mass is 9.75. The molecule has 0 radical (unpaired) electrons. The van der Waals surface area contributed by atoms with Gasteiger partial charge in [-0.3, -0.25) is 14.4 Å². The number of carbonyl (C=O) groups excluding carboxylic acids is 4. The first-order valence-corrected chi connectivity index (χ1v) is 23.8. The van der Waals surface area contributed by atoms with E-state index in [0.29, 0.717) is 145 Å². The molecule has 19 heteroatoms. The van der Waals surface area contributed by atoms with Gasteiger partial charge in [-0.25, -0.2) is 9.48 Å². The van der Waals surface area contributed by atoms with Crippen LogP contribution in [0.1, 0.15) is 102 Å². The van der Waals surface area contributed by atoms with E-state index in [-0.39, 0.29) is 28.5 Å². The topological polar surface area (TPSA) is 249 Å². The maximum atomic E-state index is 12.9. The molecule has 19 nitrogen and oxygen atoms in total. The van der Waals surface area contributed by atoms with E-state index in [0.717, 1.165) is 23.4 Å². The summed E-state index contributed by atoms with van der Waals surface area (Å²) in [6.45, 7) is 17.2. The van der Waals surface area contributed by atoms with E-state index in [9.17, 15) is 24.3 Å². The van der Waals surface area contributed by atoms with Crippen molar-refractivity contribution in [3.63, 3.8) is 0 Å². The zero-order chi connectivity index (χ0) is 50.5. The Morgan fingerprint density at radius 3 is 2.00 bits per heavy atom. The van der Waals surface area contributed by atoms with Gasteiger partial charge in [0, 0.05) is 50.5 Å². The summed E-state index contributed by atoms with van der Waals surface area (Å²) in [6.07, 6.45) is 2.55. The van der Waals surface area contributed by atoms with Gasteiger partial charge < -0.3 is 55.2 Å². The number of carbonyl (C=O) groups is 4. The fourth-order valence-corrected chi connectivity index (χ4v) is 7.45. The number of azo groups is 1. The van der Waals surface area contributed by atoms with Crippen molar-refractivity contribution in [2.75, 3.05) is 91.0 Å². The lowest BCUT2D eigenvalue weighted by Gasteiger charge is -2.29. The first-order chi connectivity index (χ1) is 33.5. The zero-order valence-electron chi connectivity index (χ0n) is 41.4. The number of alkyl carbamates (subject to hydrolysis) is 1. The van der Waals surface area contributed by atoms with Gasteiger partial charge in [0.2, 0.25) is 0 Å². The van der Waals surface area contributed by atoms with E-state index in [1.54, 1.807) is 69.3 Å². The van der Waals surface area contributed by atoms with E-state index >= 15 is 0 Å². The summed E-state index contributed by atoms with van der Waals surface area (Å²) in [5, 5.41) is 32.2. The highest BCUT2D eigenvalue weighted by molar-refractivity contribution is 6.00. The first-order valence-electron chi connectivity index (χ1n) is 23.8. The van der Waals surface area contributed by atoms with Crippen LogP contribution >= 0.6 is 0 Å². The number of fused-ring (bicyclic) bond motifs is 1. The summed E-state index contributed by atoms with van der Waals surface area (Å²) in [5.41, 5.74) is 11.1. The summed E-state index contributed by atoms with van der Waals surface area (Å²) in [4.78, 5) is 49.6. The number of amides is 3. The predicted molar refractivity (Wildman–Crippen MR) is 264 cm³/mol. The second-order valence-electron chi connectivity index (χ2n) is 18.6. The molecule has 1 aliphatic rings. The fourth-order valence-electron chi connectivity index (χ4n) is 7.45. The van der Waals surface area contributed by atoms with Crippen LogP contribution in [-0.2, 0) is 41.3 Å². The van der Waals surface area contributed by atoms with Crippen molar-refractivity contribution in [1.29, 1.82) is 0 Å². The summed E-state index contributed by atoms with van der Waals surface area (Å²) >= 11 is 0. The third-order valence-electron chi connectivity index (χ3n) is 10.8. The van der Waals surface area contributed by atoms with Gasteiger partial charge in [0.25, 0.3) is 11.8 Å². The van der Waals surface area contributed by atoms with Crippen LogP contribution < -0.4 is 21.7 Å². The van der Waals surface area contributed by atoms with Crippen molar-refractivity contribution in [1.82, 2.24) is 20.4 Å². The lowest BCUT2D eigenvalue weighted by molar-refractivity contribution is -0.0111. The van der Waals surface area contributed by atoms with Gasteiger partial charge in [0.15, 0.2) is 5.78 Å². The number of aromatic hydroxyl groups is 1. The Labute approximate surface area is 410 Å². The van der Waals surface area contributed by atoms with Crippen LogP contribution in [0.2, 0.25) is 0 Å². The Bertz CT molecular complexity index is 2380. The van der Waals surface area contributed by atoms with Crippen LogP contribution in [0.15, 0.2) is 70.9 Å². The number of aryl methyl sites for hydroxylation is 1. The van der Waals surface area contributed by atoms with Crippen LogP contribution in [0.25, 0.3) is 5.69 Å². The van der Waals surface area contributed by atoms with Crippen LogP contribution in [0.4, 0.5) is 21.9 Å². The molecule has 0 unspecified atom stereocenters. The number of benzene rings is 3. The molecule has 1 heterocycles. The van der Waals surface area contributed by atoms with Gasteiger partial charge in [0.05, 0.1) is 86.7 Å². The molecule has 0 saturated carbocycles.